The average molecular weight is 309 g/mol. The number of hydrogen-bond donors (Lipinski definition) is 2. The van der Waals surface area contributed by atoms with Crippen LogP contribution in [0.3, 0.4) is 0 Å². The van der Waals surface area contributed by atoms with Gasteiger partial charge in [0.1, 0.15) is 11.6 Å². The van der Waals surface area contributed by atoms with Crippen molar-refractivity contribution in [3.05, 3.63) is 57.6 Å². The summed E-state index contributed by atoms with van der Waals surface area (Å²) >= 11 is 1.45. The lowest BCUT2D eigenvalue weighted by Gasteiger charge is -2.03. The number of rotatable bonds is 3. The number of thiazole rings is 1. The maximum atomic E-state index is 11.6. The van der Waals surface area contributed by atoms with Crippen LogP contribution in [-0.4, -0.2) is 15.0 Å². The van der Waals surface area contributed by atoms with Crippen LogP contribution in [0.2, 0.25) is 0 Å². The third kappa shape index (κ3) is 2.73. The van der Waals surface area contributed by atoms with Crippen LogP contribution in [0, 0.1) is 18.3 Å². The first-order valence-corrected chi connectivity index (χ1v) is 7.32. The molecule has 3 heterocycles. The Bertz CT molecular complexity index is 908. The molecular weight excluding hydrogens is 298 g/mol. The van der Waals surface area contributed by atoms with Crippen LogP contribution in [0.25, 0.3) is 11.3 Å². The van der Waals surface area contributed by atoms with Crippen molar-refractivity contribution in [3.63, 3.8) is 0 Å². The number of nitrogens with zero attached hydrogens (tertiary/aromatic N) is 3. The molecule has 0 unspecified atom stereocenters. The highest BCUT2D eigenvalue weighted by molar-refractivity contribution is 7.14. The summed E-state index contributed by atoms with van der Waals surface area (Å²) in [5.74, 6) is 0. The van der Waals surface area contributed by atoms with Gasteiger partial charge in [-0.2, -0.15) is 5.26 Å². The lowest BCUT2D eigenvalue weighted by Crippen LogP contribution is -2.12. The van der Waals surface area contributed by atoms with Crippen LogP contribution in [-0.2, 0) is 0 Å². The average Bonchev–Trinajstić information content (AvgIpc) is 2.97. The maximum absolute atomic E-state index is 11.6. The van der Waals surface area contributed by atoms with Crippen LogP contribution < -0.4 is 10.9 Å². The Morgan fingerprint density at radius 2 is 2.14 bits per heavy atom. The molecule has 0 aliphatic rings. The molecule has 22 heavy (non-hydrogen) atoms. The molecule has 2 N–H and O–H groups in total. The third-order valence-electron chi connectivity index (χ3n) is 3.07. The van der Waals surface area contributed by atoms with Crippen molar-refractivity contribution < 1.29 is 0 Å². The number of pyridine rings is 2. The highest BCUT2D eigenvalue weighted by Crippen LogP contribution is 2.28. The standard InChI is InChI=1S/C15H11N5OS/c1-9-12(6-10(7-16)14(21)18-9)13-8-22-15(20-13)19-11-2-4-17-5-3-11/h2-6,8H,1H3,(H,18,21)(H,17,19,20). The summed E-state index contributed by atoms with van der Waals surface area (Å²) in [4.78, 5) is 22.7. The van der Waals surface area contributed by atoms with Crippen molar-refractivity contribution in [2.45, 2.75) is 6.92 Å². The zero-order valence-electron chi connectivity index (χ0n) is 11.6. The first-order chi connectivity index (χ1) is 10.7. The van der Waals surface area contributed by atoms with E-state index in [1.165, 1.54) is 11.3 Å². The molecule has 0 atom stereocenters. The van der Waals surface area contributed by atoms with Crippen molar-refractivity contribution >= 4 is 22.2 Å². The fourth-order valence-electron chi connectivity index (χ4n) is 1.99. The highest BCUT2D eigenvalue weighted by atomic mass is 32.1. The predicted octanol–water partition coefficient (Wildman–Crippen LogP) is 2.82. The SMILES string of the molecule is Cc1[nH]c(=O)c(C#N)cc1-c1csc(Nc2ccncc2)n1. The Kier molecular flexibility index (Phi) is 3.68. The number of anilines is 2. The second-order valence-corrected chi connectivity index (χ2v) is 5.42. The first kappa shape index (κ1) is 14.0. The molecule has 3 aromatic rings. The van der Waals surface area contributed by atoms with Crippen LogP contribution in [0.4, 0.5) is 10.8 Å². The first-order valence-electron chi connectivity index (χ1n) is 6.44. The van der Waals surface area contributed by atoms with Gasteiger partial charge in [-0.25, -0.2) is 4.98 Å². The Hall–Kier alpha value is -2.98. The van der Waals surface area contributed by atoms with Crippen molar-refractivity contribution in [1.82, 2.24) is 15.0 Å². The third-order valence-corrected chi connectivity index (χ3v) is 3.83. The Morgan fingerprint density at radius 1 is 1.36 bits per heavy atom. The molecule has 0 saturated heterocycles. The van der Waals surface area contributed by atoms with Gasteiger partial charge in [0.05, 0.1) is 5.69 Å². The lowest BCUT2D eigenvalue weighted by molar-refractivity contribution is 1.13. The van der Waals surface area contributed by atoms with E-state index in [9.17, 15) is 4.79 Å². The van der Waals surface area contributed by atoms with Gasteiger partial charge in [0.15, 0.2) is 5.13 Å². The number of aromatic nitrogens is 3. The van der Waals surface area contributed by atoms with E-state index in [4.69, 9.17) is 5.26 Å². The Balaban J connectivity index is 1.95. The number of nitriles is 1. The van der Waals surface area contributed by atoms with Gasteiger partial charge in [0, 0.05) is 34.7 Å². The summed E-state index contributed by atoms with van der Waals surface area (Å²) in [7, 11) is 0. The van der Waals surface area contributed by atoms with E-state index in [1.54, 1.807) is 25.4 Å². The van der Waals surface area contributed by atoms with E-state index in [1.807, 2.05) is 23.6 Å². The summed E-state index contributed by atoms with van der Waals surface area (Å²) < 4.78 is 0. The quantitative estimate of drug-likeness (QED) is 0.775. The topological polar surface area (TPSA) is 94.5 Å². The van der Waals surface area contributed by atoms with Crippen LogP contribution in [0.1, 0.15) is 11.3 Å². The van der Waals surface area contributed by atoms with Crippen molar-refractivity contribution in [1.29, 1.82) is 5.26 Å². The summed E-state index contributed by atoms with van der Waals surface area (Å²) in [6.07, 6.45) is 3.39. The summed E-state index contributed by atoms with van der Waals surface area (Å²) in [5.41, 5.74) is 2.74. The van der Waals surface area contributed by atoms with E-state index in [0.29, 0.717) is 11.4 Å². The summed E-state index contributed by atoms with van der Waals surface area (Å²) in [6, 6.07) is 7.15. The second kappa shape index (κ2) is 5.79. The second-order valence-electron chi connectivity index (χ2n) is 4.56. The van der Waals surface area contributed by atoms with Crippen LogP contribution in [0.15, 0.2) is 40.8 Å². The largest absolute Gasteiger partial charge is 0.331 e. The van der Waals surface area contributed by atoms with E-state index in [0.717, 1.165) is 16.4 Å². The molecule has 0 radical (unpaired) electrons. The van der Waals surface area contributed by atoms with E-state index in [-0.39, 0.29) is 11.1 Å². The Labute approximate surface area is 130 Å². The number of H-pyrrole nitrogens is 1. The van der Waals surface area contributed by atoms with E-state index >= 15 is 0 Å². The smallest absolute Gasteiger partial charge is 0.266 e. The summed E-state index contributed by atoms with van der Waals surface area (Å²) in [5, 5.41) is 14.8. The molecule has 7 heteroatoms. The molecular formula is C15H11N5OS. The molecule has 0 bridgehead atoms. The molecule has 3 rings (SSSR count). The molecule has 0 aliphatic carbocycles. The highest BCUT2D eigenvalue weighted by Gasteiger charge is 2.11. The zero-order chi connectivity index (χ0) is 15.5. The van der Waals surface area contributed by atoms with Gasteiger partial charge in [-0.15, -0.1) is 11.3 Å². The number of aromatic amines is 1. The maximum Gasteiger partial charge on any atom is 0.266 e. The molecule has 0 fully saturated rings. The number of hydrogen-bond acceptors (Lipinski definition) is 6. The molecule has 0 aliphatic heterocycles. The number of aryl methyl sites for hydroxylation is 1. The molecule has 0 aromatic carbocycles. The van der Waals surface area contributed by atoms with E-state index in [2.05, 4.69) is 20.3 Å². The van der Waals surface area contributed by atoms with Gasteiger partial charge in [-0.1, -0.05) is 0 Å². The molecule has 0 amide bonds. The van der Waals surface area contributed by atoms with Gasteiger partial charge in [-0.05, 0) is 25.1 Å². The van der Waals surface area contributed by atoms with Crippen molar-refractivity contribution in [2.75, 3.05) is 5.32 Å². The van der Waals surface area contributed by atoms with E-state index < -0.39 is 0 Å². The molecule has 108 valence electrons. The fraction of sp³-hybridized carbons (Fsp3) is 0.0667. The molecule has 3 aromatic heterocycles. The number of nitrogens with one attached hydrogen (secondary N) is 2. The summed E-state index contributed by atoms with van der Waals surface area (Å²) in [6.45, 7) is 1.78. The Morgan fingerprint density at radius 3 is 2.86 bits per heavy atom. The van der Waals surface area contributed by atoms with Gasteiger partial charge in [-0.3, -0.25) is 9.78 Å². The minimum atomic E-state index is -0.380. The van der Waals surface area contributed by atoms with Crippen LogP contribution >= 0.6 is 11.3 Å². The molecule has 0 spiro atoms. The van der Waals surface area contributed by atoms with Crippen molar-refractivity contribution in [2.24, 2.45) is 0 Å². The van der Waals surface area contributed by atoms with Gasteiger partial charge >= 0.3 is 0 Å². The molecule has 0 saturated carbocycles. The minimum Gasteiger partial charge on any atom is -0.331 e. The van der Waals surface area contributed by atoms with Gasteiger partial charge in [0.2, 0.25) is 0 Å². The molecule has 6 nitrogen and oxygen atoms in total. The predicted molar refractivity (Wildman–Crippen MR) is 85.1 cm³/mol. The zero-order valence-corrected chi connectivity index (χ0v) is 12.4. The van der Waals surface area contributed by atoms with Gasteiger partial charge < -0.3 is 10.3 Å². The fourth-order valence-corrected chi connectivity index (χ4v) is 2.72. The normalized spacial score (nSPS) is 10.2. The van der Waals surface area contributed by atoms with Crippen molar-refractivity contribution in [3.8, 4) is 17.3 Å². The minimum absolute atomic E-state index is 0.0808. The lowest BCUT2D eigenvalue weighted by atomic mass is 10.1. The monoisotopic (exact) mass is 309 g/mol. The van der Waals surface area contributed by atoms with Crippen LogP contribution in [0.5, 0.6) is 0 Å². The van der Waals surface area contributed by atoms with Gasteiger partial charge in [0.25, 0.3) is 5.56 Å².